The maximum Gasteiger partial charge on any atom is 0.240 e. The first-order valence-electron chi connectivity index (χ1n) is 7.49. The lowest BCUT2D eigenvalue weighted by Gasteiger charge is -2.29. The number of rotatable bonds is 2. The number of carbonyl (C=O) groups excluding carboxylic acids is 2. The zero-order valence-electron chi connectivity index (χ0n) is 12.3. The van der Waals surface area contributed by atoms with Gasteiger partial charge in [0.2, 0.25) is 11.8 Å². The van der Waals surface area contributed by atoms with Crippen LogP contribution in [0, 0.1) is 0 Å². The molecule has 2 amide bonds. The molecule has 2 N–H and O–H groups in total. The standard InChI is InChI=1S/C16H21N3O2/c1-11(20)18-14-6-7-19(10-14)16(21)15-8-12-4-2-3-5-13(12)9-17-15/h2-5,14-15,17H,6-10H2,1H3,(H,18,20). The number of likely N-dealkylation sites (tertiary alicyclic amines) is 1. The highest BCUT2D eigenvalue weighted by Crippen LogP contribution is 2.19. The maximum absolute atomic E-state index is 12.6. The van der Waals surface area contributed by atoms with Gasteiger partial charge in [-0.2, -0.15) is 0 Å². The van der Waals surface area contributed by atoms with Crippen LogP contribution in [0.4, 0.5) is 0 Å². The van der Waals surface area contributed by atoms with Crippen molar-refractivity contribution in [1.82, 2.24) is 15.5 Å². The molecule has 21 heavy (non-hydrogen) atoms. The molecule has 2 heterocycles. The van der Waals surface area contributed by atoms with E-state index in [0.29, 0.717) is 6.54 Å². The predicted octanol–water partition coefficient (Wildman–Crippen LogP) is 0.438. The number of benzene rings is 1. The second kappa shape index (κ2) is 5.85. The number of nitrogens with zero attached hydrogens (tertiary/aromatic N) is 1. The van der Waals surface area contributed by atoms with Crippen molar-refractivity contribution in [3.05, 3.63) is 35.4 Å². The van der Waals surface area contributed by atoms with Gasteiger partial charge >= 0.3 is 0 Å². The Morgan fingerprint density at radius 1 is 1.29 bits per heavy atom. The Kier molecular flexibility index (Phi) is 3.92. The molecule has 0 radical (unpaired) electrons. The highest BCUT2D eigenvalue weighted by molar-refractivity contribution is 5.83. The fraction of sp³-hybridized carbons (Fsp3) is 0.500. The molecule has 1 fully saturated rings. The molecule has 2 atom stereocenters. The highest BCUT2D eigenvalue weighted by Gasteiger charge is 2.32. The van der Waals surface area contributed by atoms with Crippen LogP contribution in [0.15, 0.2) is 24.3 Å². The lowest BCUT2D eigenvalue weighted by atomic mass is 9.95. The van der Waals surface area contributed by atoms with Crippen LogP contribution in [0.3, 0.4) is 0 Å². The van der Waals surface area contributed by atoms with Crippen LogP contribution in [0.1, 0.15) is 24.5 Å². The fourth-order valence-corrected chi connectivity index (χ4v) is 3.22. The molecule has 0 aromatic heterocycles. The van der Waals surface area contributed by atoms with Crippen molar-refractivity contribution in [3.8, 4) is 0 Å². The van der Waals surface area contributed by atoms with Gasteiger partial charge in [-0.1, -0.05) is 24.3 Å². The largest absolute Gasteiger partial charge is 0.352 e. The van der Waals surface area contributed by atoms with Crippen molar-refractivity contribution in [1.29, 1.82) is 0 Å². The van der Waals surface area contributed by atoms with E-state index in [-0.39, 0.29) is 23.9 Å². The van der Waals surface area contributed by atoms with Crippen molar-refractivity contribution < 1.29 is 9.59 Å². The van der Waals surface area contributed by atoms with Crippen LogP contribution in [-0.4, -0.2) is 41.9 Å². The Morgan fingerprint density at radius 2 is 2.05 bits per heavy atom. The highest BCUT2D eigenvalue weighted by atomic mass is 16.2. The zero-order chi connectivity index (χ0) is 14.8. The van der Waals surface area contributed by atoms with Gasteiger partial charge in [0.25, 0.3) is 0 Å². The van der Waals surface area contributed by atoms with Gasteiger partial charge in [0, 0.05) is 32.6 Å². The number of hydrogen-bond donors (Lipinski definition) is 2. The van der Waals surface area contributed by atoms with Crippen molar-refractivity contribution in [2.75, 3.05) is 13.1 Å². The van der Waals surface area contributed by atoms with Gasteiger partial charge < -0.3 is 15.5 Å². The molecular formula is C16H21N3O2. The topological polar surface area (TPSA) is 61.4 Å². The lowest BCUT2D eigenvalue weighted by Crippen LogP contribution is -2.49. The van der Waals surface area contributed by atoms with Crippen LogP contribution in [-0.2, 0) is 22.6 Å². The van der Waals surface area contributed by atoms with Crippen LogP contribution in [0.2, 0.25) is 0 Å². The quantitative estimate of drug-likeness (QED) is 0.829. The fourth-order valence-electron chi connectivity index (χ4n) is 3.22. The summed E-state index contributed by atoms with van der Waals surface area (Å²) in [5.74, 6) is 0.122. The van der Waals surface area contributed by atoms with Crippen LogP contribution in [0.5, 0.6) is 0 Å². The van der Waals surface area contributed by atoms with E-state index in [2.05, 4.69) is 22.8 Å². The van der Waals surface area contributed by atoms with Crippen molar-refractivity contribution in [2.24, 2.45) is 0 Å². The van der Waals surface area contributed by atoms with Gasteiger partial charge in [0.05, 0.1) is 6.04 Å². The van der Waals surface area contributed by atoms with E-state index in [1.165, 1.54) is 18.1 Å². The first-order chi connectivity index (χ1) is 10.1. The van der Waals surface area contributed by atoms with E-state index in [1.54, 1.807) is 0 Å². The molecule has 1 aromatic rings. The summed E-state index contributed by atoms with van der Waals surface area (Å²) in [7, 11) is 0. The van der Waals surface area contributed by atoms with Gasteiger partial charge in [0.1, 0.15) is 0 Å². The maximum atomic E-state index is 12.6. The zero-order valence-corrected chi connectivity index (χ0v) is 12.3. The molecule has 112 valence electrons. The summed E-state index contributed by atoms with van der Waals surface area (Å²) < 4.78 is 0. The molecule has 0 aliphatic carbocycles. The van der Waals surface area contributed by atoms with Crippen LogP contribution >= 0.6 is 0 Å². The van der Waals surface area contributed by atoms with Crippen molar-refractivity contribution in [2.45, 2.75) is 38.4 Å². The summed E-state index contributed by atoms with van der Waals surface area (Å²) in [5.41, 5.74) is 2.53. The van der Waals surface area contributed by atoms with Gasteiger partial charge in [-0.05, 0) is 24.0 Å². The van der Waals surface area contributed by atoms with E-state index in [1.807, 2.05) is 17.0 Å². The monoisotopic (exact) mass is 287 g/mol. The second-order valence-corrected chi connectivity index (χ2v) is 5.88. The van der Waals surface area contributed by atoms with Gasteiger partial charge in [-0.25, -0.2) is 0 Å². The molecule has 2 unspecified atom stereocenters. The number of amides is 2. The summed E-state index contributed by atoms with van der Waals surface area (Å²) in [6.45, 7) is 3.61. The van der Waals surface area contributed by atoms with E-state index in [4.69, 9.17) is 0 Å². The SMILES string of the molecule is CC(=O)NC1CCN(C(=O)C2Cc3ccccc3CN2)C1. The molecule has 2 aliphatic heterocycles. The lowest BCUT2D eigenvalue weighted by molar-refractivity contribution is -0.132. The molecule has 1 saturated heterocycles. The molecule has 0 saturated carbocycles. The first-order valence-corrected chi connectivity index (χ1v) is 7.49. The summed E-state index contributed by atoms with van der Waals surface area (Å²) in [4.78, 5) is 25.5. The smallest absolute Gasteiger partial charge is 0.240 e. The summed E-state index contributed by atoms with van der Waals surface area (Å²) in [6, 6.07) is 8.21. The minimum absolute atomic E-state index is 0.0287. The molecule has 0 spiro atoms. The molecule has 1 aromatic carbocycles. The average molecular weight is 287 g/mol. The Labute approximate surface area is 124 Å². The van der Waals surface area contributed by atoms with Crippen molar-refractivity contribution >= 4 is 11.8 Å². The van der Waals surface area contributed by atoms with Crippen LogP contribution < -0.4 is 10.6 Å². The first kappa shape index (κ1) is 14.1. The third kappa shape index (κ3) is 3.08. The molecule has 5 nitrogen and oxygen atoms in total. The number of fused-ring (bicyclic) bond motifs is 1. The minimum Gasteiger partial charge on any atom is -0.352 e. The Morgan fingerprint density at radius 3 is 2.81 bits per heavy atom. The van der Waals surface area contributed by atoms with Crippen LogP contribution in [0.25, 0.3) is 0 Å². The predicted molar refractivity (Wildman–Crippen MR) is 79.6 cm³/mol. The van der Waals surface area contributed by atoms with Gasteiger partial charge in [-0.3, -0.25) is 9.59 Å². The van der Waals surface area contributed by atoms with E-state index >= 15 is 0 Å². The molecular weight excluding hydrogens is 266 g/mol. The van der Waals surface area contributed by atoms with Crippen molar-refractivity contribution in [3.63, 3.8) is 0 Å². The Bertz CT molecular complexity index is 558. The molecule has 2 aliphatic rings. The molecule has 0 bridgehead atoms. The summed E-state index contributed by atoms with van der Waals surface area (Å²) >= 11 is 0. The van der Waals surface area contributed by atoms with E-state index < -0.39 is 0 Å². The normalized spacial score (nSPS) is 24.5. The van der Waals surface area contributed by atoms with E-state index in [9.17, 15) is 9.59 Å². The second-order valence-electron chi connectivity index (χ2n) is 5.88. The third-order valence-electron chi connectivity index (χ3n) is 4.29. The molecule has 3 rings (SSSR count). The van der Waals surface area contributed by atoms with Gasteiger partial charge in [-0.15, -0.1) is 0 Å². The Hall–Kier alpha value is -1.88. The third-order valence-corrected chi connectivity index (χ3v) is 4.29. The number of carbonyl (C=O) groups is 2. The van der Waals surface area contributed by atoms with E-state index in [0.717, 1.165) is 25.9 Å². The summed E-state index contributed by atoms with van der Waals surface area (Å²) in [6.07, 6.45) is 1.59. The number of nitrogens with one attached hydrogen (secondary N) is 2. The average Bonchev–Trinajstić information content (AvgIpc) is 2.93. The minimum atomic E-state index is -0.143. The summed E-state index contributed by atoms with van der Waals surface area (Å²) in [5, 5.41) is 6.22. The Balaban J connectivity index is 1.61. The number of hydrogen-bond acceptors (Lipinski definition) is 3. The van der Waals surface area contributed by atoms with Gasteiger partial charge in [0.15, 0.2) is 0 Å². The molecule has 5 heteroatoms.